The molecule has 0 fully saturated rings. The molecule has 1 amide bonds. The number of carbonyl (C=O) groups is 1. The van der Waals surface area contributed by atoms with Gasteiger partial charge in [0.15, 0.2) is 0 Å². The number of carbonyl (C=O) groups excluding carboxylic acids is 1. The second-order valence-corrected chi connectivity index (χ2v) is 6.17. The summed E-state index contributed by atoms with van der Waals surface area (Å²) < 4.78 is 0. The molecule has 1 aliphatic heterocycles. The molecule has 0 saturated carbocycles. The third-order valence-electron chi connectivity index (χ3n) is 4.69. The summed E-state index contributed by atoms with van der Waals surface area (Å²) in [6.45, 7) is 1.30. The molecule has 2 heterocycles. The molecule has 122 valence electrons. The normalized spacial score (nSPS) is 14.2. The maximum Gasteiger partial charge on any atom is 0.254 e. The van der Waals surface area contributed by atoms with Gasteiger partial charge < -0.3 is 9.88 Å². The Balaban J connectivity index is 1.53. The molecule has 0 saturated heterocycles. The highest BCUT2D eigenvalue weighted by Crippen LogP contribution is 2.29. The maximum absolute atomic E-state index is 12.6. The smallest absolute Gasteiger partial charge is 0.254 e. The van der Waals surface area contributed by atoms with Gasteiger partial charge in [0.05, 0.1) is 11.6 Å². The topological polar surface area (TPSA) is 59.9 Å². The highest BCUT2D eigenvalue weighted by Gasteiger charge is 2.20. The largest absolute Gasteiger partial charge is 0.361 e. The number of aromatic nitrogens is 1. The van der Waals surface area contributed by atoms with E-state index >= 15 is 0 Å². The van der Waals surface area contributed by atoms with E-state index in [1.54, 1.807) is 24.3 Å². The first kappa shape index (κ1) is 15.2. The lowest BCUT2D eigenvalue weighted by Crippen LogP contribution is -2.34. The van der Waals surface area contributed by atoms with Crippen molar-refractivity contribution in [3.63, 3.8) is 0 Å². The van der Waals surface area contributed by atoms with E-state index in [2.05, 4.69) is 35.5 Å². The van der Waals surface area contributed by atoms with Crippen LogP contribution in [0.5, 0.6) is 0 Å². The molecular weight excluding hydrogens is 310 g/mol. The van der Waals surface area contributed by atoms with Crippen LogP contribution in [0.2, 0.25) is 0 Å². The van der Waals surface area contributed by atoms with E-state index in [-0.39, 0.29) is 5.91 Å². The number of hydrogen-bond donors (Lipinski definition) is 1. The first-order chi connectivity index (χ1) is 12.3. The summed E-state index contributed by atoms with van der Waals surface area (Å²) >= 11 is 0. The Hall–Kier alpha value is -3.32. The molecule has 0 bridgehead atoms. The standard InChI is InChI=1S/C21H17N3O/c22-13-15-5-7-17(8-6-15)21(25)24-11-9-16(10-12-24)19-14-23-20-4-2-1-3-18(19)20/h1-9,14,23H,10-12H2. The fourth-order valence-electron chi connectivity index (χ4n) is 3.31. The molecule has 1 aromatic heterocycles. The van der Waals surface area contributed by atoms with E-state index in [9.17, 15) is 4.79 Å². The van der Waals surface area contributed by atoms with Gasteiger partial charge in [0.25, 0.3) is 5.91 Å². The molecule has 0 unspecified atom stereocenters. The van der Waals surface area contributed by atoms with Gasteiger partial charge in [-0.3, -0.25) is 4.79 Å². The molecule has 4 rings (SSSR count). The number of hydrogen-bond acceptors (Lipinski definition) is 2. The van der Waals surface area contributed by atoms with Crippen molar-refractivity contribution in [2.24, 2.45) is 0 Å². The highest BCUT2D eigenvalue weighted by molar-refractivity contribution is 5.96. The third-order valence-corrected chi connectivity index (χ3v) is 4.69. The lowest BCUT2D eigenvalue weighted by Gasteiger charge is -2.26. The van der Waals surface area contributed by atoms with Gasteiger partial charge >= 0.3 is 0 Å². The summed E-state index contributed by atoms with van der Waals surface area (Å²) in [5.74, 6) is 0.0127. The van der Waals surface area contributed by atoms with Crippen LogP contribution in [0.1, 0.15) is 27.9 Å². The van der Waals surface area contributed by atoms with Crippen molar-refractivity contribution in [1.29, 1.82) is 5.26 Å². The number of amides is 1. The van der Waals surface area contributed by atoms with E-state index in [4.69, 9.17) is 5.26 Å². The number of nitrogens with one attached hydrogen (secondary N) is 1. The minimum atomic E-state index is 0.0127. The number of aromatic amines is 1. The van der Waals surface area contributed by atoms with E-state index in [1.165, 1.54) is 16.5 Å². The molecule has 1 N–H and O–H groups in total. The van der Waals surface area contributed by atoms with Crippen LogP contribution >= 0.6 is 0 Å². The Morgan fingerprint density at radius 2 is 1.92 bits per heavy atom. The van der Waals surface area contributed by atoms with Gasteiger partial charge in [0.2, 0.25) is 0 Å². The molecule has 3 aromatic rings. The number of rotatable bonds is 2. The molecule has 4 nitrogen and oxygen atoms in total. The van der Waals surface area contributed by atoms with Crippen molar-refractivity contribution in [1.82, 2.24) is 9.88 Å². The SMILES string of the molecule is N#Cc1ccc(C(=O)N2CC=C(c3c[nH]c4ccccc34)CC2)cc1. The lowest BCUT2D eigenvalue weighted by atomic mass is 9.98. The number of para-hydroxylation sites is 1. The second-order valence-electron chi connectivity index (χ2n) is 6.17. The summed E-state index contributed by atoms with van der Waals surface area (Å²) in [5, 5.41) is 10.1. The lowest BCUT2D eigenvalue weighted by molar-refractivity contribution is 0.0773. The van der Waals surface area contributed by atoms with Crippen LogP contribution < -0.4 is 0 Å². The number of fused-ring (bicyclic) bond motifs is 1. The van der Waals surface area contributed by atoms with Gasteiger partial charge in [-0.15, -0.1) is 0 Å². The quantitative estimate of drug-likeness (QED) is 0.774. The fraction of sp³-hybridized carbons (Fsp3) is 0.143. The Bertz CT molecular complexity index is 1010. The molecule has 0 radical (unpaired) electrons. The van der Waals surface area contributed by atoms with Crippen LogP contribution in [0, 0.1) is 11.3 Å². The predicted molar refractivity (Wildman–Crippen MR) is 98.0 cm³/mol. The molecule has 0 atom stereocenters. The average molecular weight is 327 g/mol. The summed E-state index contributed by atoms with van der Waals surface area (Å²) in [7, 11) is 0. The zero-order valence-corrected chi connectivity index (χ0v) is 13.7. The minimum Gasteiger partial charge on any atom is -0.361 e. The summed E-state index contributed by atoms with van der Waals surface area (Å²) in [5.41, 5.74) is 4.83. The van der Waals surface area contributed by atoms with E-state index in [0.29, 0.717) is 24.2 Å². The van der Waals surface area contributed by atoms with Crippen molar-refractivity contribution in [3.05, 3.63) is 77.5 Å². The third kappa shape index (κ3) is 2.81. The van der Waals surface area contributed by atoms with Crippen molar-refractivity contribution in [2.45, 2.75) is 6.42 Å². The summed E-state index contributed by atoms with van der Waals surface area (Å²) in [6.07, 6.45) is 5.03. The van der Waals surface area contributed by atoms with E-state index in [1.807, 2.05) is 17.0 Å². The maximum atomic E-state index is 12.6. The van der Waals surface area contributed by atoms with Crippen molar-refractivity contribution >= 4 is 22.4 Å². The van der Waals surface area contributed by atoms with Crippen LogP contribution in [0.25, 0.3) is 16.5 Å². The van der Waals surface area contributed by atoms with Gasteiger partial charge in [-0.25, -0.2) is 0 Å². The number of nitriles is 1. The van der Waals surface area contributed by atoms with Crippen LogP contribution in [-0.4, -0.2) is 28.9 Å². The summed E-state index contributed by atoms with van der Waals surface area (Å²) in [4.78, 5) is 17.8. The second kappa shape index (κ2) is 6.29. The van der Waals surface area contributed by atoms with Gasteiger partial charge in [-0.1, -0.05) is 24.3 Å². The Morgan fingerprint density at radius 3 is 2.64 bits per heavy atom. The molecule has 1 aliphatic rings. The Labute approximate surface area is 146 Å². The number of benzene rings is 2. The minimum absolute atomic E-state index is 0.0127. The molecule has 2 aromatic carbocycles. The predicted octanol–water partition coefficient (Wildman–Crippen LogP) is 3.97. The number of nitrogens with zero attached hydrogens (tertiary/aromatic N) is 2. The first-order valence-corrected chi connectivity index (χ1v) is 8.31. The van der Waals surface area contributed by atoms with Crippen LogP contribution in [-0.2, 0) is 0 Å². The monoisotopic (exact) mass is 327 g/mol. The number of H-pyrrole nitrogens is 1. The molecular formula is C21H17N3O. The van der Waals surface area contributed by atoms with E-state index in [0.717, 1.165) is 11.9 Å². The first-order valence-electron chi connectivity index (χ1n) is 8.31. The van der Waals surface area contributed by atoms with Crippen molar-refractivity contribution in [3.8, 4) is 6.07 Å². The van der Waals surface area contributed by atoms with Gasteiger partial charge in [-0.2, -0.15) is 5.26 Å². The molecule has 0 spiro atoms. The highest BCUT2D eigenvalue weighted by atomic mass is 16.2. The van der Waals surface area contributed by atoms with Crippen LogP contribution in [0.4, 0.5) is 0 Å². The van der Waals surface area contributed by atoms with Crippen LogP contribution in [0.3, 0.4) is 0 Å². The molecule has 25 heavy (non-hydrogen) atoms. The van der Waals surface area contributed by atoms with Crippen LogP contribution in [0.15, 0.2) is 60.8 Å². The van der Waals surface area contributed by atoms with Gasteiger partial charge in [-0.05, 0) is 42.3 Å². The molecule has 4 heteroatoms. The van der Waals surface area contributed by atoms with Crippen molar-refractivity contribution < 1.29 is 4.79 Å². The fourth-order valence-corrected chi connectivity index (χ4v) is 3.31. The molecule has 0 aliphatic carbocycles. The Kier molecular flexibility index (Phi) is 3.83. The zero-order chi connectivity index (χ0) is 17.2. The average Bonchev–Trinajstić information content (AvgIpc) is 3.12. The van der Waals surface area contributed by atoms with E-state index < -0.39 is 0 Å². The zero-order valence-electron chi connectivity index (χ0n) is 13.7. The Morgan fingerprint density at radius 1 is 1.12 bits per heavy atom. The van der Waals surface area contributed by atoms with Gasteiger partial charge in [0.1, 0.15) is 0 Å². The van der Waals surface area contributed by atoms with Gasteiger partial charge in [0, 0.05) is 41.3 Å². The summed E-state index contributed by atoms with van der Waals surface area (Å²) in [6, 6.07) is 17.1. The van der Waals surface area contributed by atoms with Crippen molar-refractivity contribution in [2.75, 3.05) is 13.1 Å².